The van der Waals surface area contributed by atoms with Crippen molar-refractivity contribution in [3.63, 3.8) is 0 Å². The van der Waals surface area contributed by atoms with Crippen molar-refractivity contribution in [2.75, 3.05) is 0 Å². The number of rotatable bonds is 2. The molecule has 0 unspecified atom stereocenters. The number of halogens is 1. The lowest BCUT2D eigenvalue weighted by Gasteiger charge is -2.02. The Morgan fingerprint density at radius 3 is 2.74 bits per heavy atom. The van der Waals surface area contributed by atoms with Crippen LogP contribution in [0.3, 0.4) is 0 Å². The summed E-state index contributed by atoms with van der Waals surface area (Å²) in [5, 5.41) is 4.71. The maximum atomic E-state index is 6.05. The first-order valence-electron chi connectivity index (χ1n) is 5.99. The van der Waals surface area contributed by atoms with E-state index in [0.29, 0.717) is 10.7 Å². The number of fused-ring (bicyclic) bond motifs is 1. The molecular weight excluding hydrogens is 264 g/mol. The van der Waals surface area contributed by atoms with Gasteiger partial charge in [0.2, 0.25) is 0 Å². The zero-order chi connectivity index (χ0) is 13.6. The lowest BCUT2D eigenvalue weighted by Crippen LogP contribution is -1.99. The predicted octanol–water partition coefficient (Wildman–Crippen LogP) is 2.21. The molecule has 0 saturated carbocycles. The van der Waals surface area contributed by atoms with Crippen LogP contribution in [0.5, 0.6) is 0 Å². The van der Waals surface area contributed by atoms with E-state index in [1.54, 1.807) is 0 Å². The smallest absolute Gasteiger partial charge is 0.165 e. The molecule has 0 atom stereocenters. The summed E-state index contributed by atoms with van der Waals surface area (Å²) in [7, 11) is 1.91. The maximum absolute atomic E-state index is 6.05. The third kappa shape index (κ3) is 1.71. The van der Waals surface area contributed by atoms with Crippen LogP contribution in [-0.2, 0) is 13.6 Å². The Morgan fingerprint density at radius 2 is 2.11 bits per heavy atom. The van der Waals surface area contributed by atoms with Crippen LogP contribution in [0.2, 0.25) is 5.15 Å². The second kappa shape index (κ2) is 4.31. The van der Waals surface area contributed by atoms with E-state index >= 15 is 0 Å². The molecule has 0 aromatic carbocycles. The summed E-state index contributed by atoms with van der Waals surface area (Å²) in [6.45, 7) is 4.91. The molecule has 7 heteroatoms. The SMILES string of the molecule is CCn1ncc(-c2nc3c(Cl)ncnc3n2C)c1C. The van der Waals surface area contributed by atoms with E-state index in [0.717, 1.165) is 29.3 Å². The predicted molar refractivity (Wildman–Crippen MR) is 72.9 cm³/mol. The largest absolute Gasteiger partial charge is 0.312 e. The molecule has 98 valence electrons. The molecule has 0 spiro atoms. The van der Waals surface area contributed by atoms with Crippen molar-refractivity contribution in [1.82, 2.24) is 29.3 Å². The van der Waals surface area contributed by atoms with Crippen molar-refractivity contribution in [3.05, 3.63) is 23.4 Å². The monoisotopic (exact) mass is 276 g/mol. The van der Waals surface area contributed by atoms with Gasteiger partial charge in [0.05, 0.1) is 11.8 Å². The summed E-state index contributed by atoms with van der Waals surface area (Å²) in [5.74, 6) is 0.801. The second-order valence-corrected chi connectivity index (χ2v) is 4.65. The molecule has 3 aromatic rings. The van der Waals surface area contributed by atoms with Crippen molar-refractivity contribution in [1.29, 1.82) is 0 Å². The minimum absolute atomic E-state index is 0.368. The van der Waals surface area contributed by atoms with Gasteiger partial charge in [0.15, 0.2) is 10.8 Å². The Balaban J connectivity index is 2.28. The van der Waals surface area contributed by atoms with Crippen LogP contribution in [-0.4, -0.2) is 29.3 Å². The summed E-state index contributed by atoms with van der Waals surface area (Å²) in [6.07, 6.45) is 3.26. The highest BCUT2D eigenvalue weighted by molar-refractivity contribution is 6.33. The zero-order valence-electron chi connectivity index (χ0n) is 10.9. The normalized spacial score (nSPS) is 11.4. The van der Waals surface area contributed by atoms with Gasteiger partial charge in [-0.25, -0.2) is 15.0 Å². The molecule has 3 heterocycles. The van der Waals surface area contributed by atoms with E-state index in [1.165, 1.54) is 6.33 Å². The van der Waals surface area contributed by atoms with Crippen molar-refractivity contribution in [2.24, 2.45) is 7.05 Å². The van der Waals surface area contributed by atoms with E-state index < -0.39 is 0 Å². The number of aromatic nitrogens is 6. The van der Waals surface area contributed by atoms with Crippen molar-refractivity contribution < 1.29 is 0 Å². The molecule has 19 heavy (non-hydrogen) atoms. The van der Waals surface area contributed by atoms with E-state index in [2.05, 4.69) is 27.0 Å². The zero-order valence-corrected chi connectivity index (χ0v) is 11.7. The molecule has 3 aromatic heterocycles. The van der Waals surface area contributed by atoms with E-state index in [4.69, 9.17) is 11.6 Å². The average molecular weight is 277 g/mol. The molecule has 0 saturated heterocycles. The number of hydrogen-bond donors (Lipinski definition) is 0. The number of nitrogens with zero attached hydrogens (tertiary/aromatic N) is 6. The fourth-order valence-electron chi connectivity index (χ4n) is 2.20. The lowest BCUT2D eigenvalue weighted by molar-refractivity contribution is 0.640. The molecule has 0 N–H and O–H groups in total. The Labute approximate surface area is 115 Å². The summed E-state index contributed by atoms with van der Waals surface area (Å²) < 4.78 is 3.84. The minimum atomic E-state index is 0.368. The number of imidazole rings is 1. The molecule has 0 aliphatic carbocycles. The van der Waals surface area contributed by atoms with Gasteiger partial charge in [-0.3, -0.25) is 4.68 Å². The standard InChI is InChI=1S/C12H13ClN6/c1-4-19-7(2)8(5-16-19)11-17-9-10(13)14-6-15-12(9)18(11)3/h5-6H,4H2,1-3H3. The van der Waals surface area contributed by atoms with Gasteiger partial charge in [0.25, 0.3) is 0 Å². The first-order valence-corrected chi connectivity index (χ1v) is 6.37. The van der Waals surface area contributed by atoms with Crippen LogP contribution >= 0.6 is 11.6 Å². The summed E-state index contributed by atoms with van der Waals surface area (Å²) in [5.41, 5.74) is 3.40. The molecule has 0 fully saturated rings. The summed E-state index contributed by atoms with van der Waals surface area (Å²) in [4.78, 5) is 12.7. The Hall–Kier alpha value is -1.95. The van der Waals surface area contributed by atoms with Gasteiger partial charge < -0.3 is 4.57 Å². The fourth-order valence-corrected chi connectivity index (χ4v) is 2.37. The molecule has 3 rings (SSSR count). The van der Waals surface area contributed by atoms with Gasteiger partial charge in [-0.1, -0.05) is 11.6 Å². The van der Waals surface area contributed by atoms with Crippen LogP contribution in [0.1, 0.15) is 12.6 Å². The maximum Gasteiger partial charge on any atom is 0.165 e. The molecule has 0 aliphatic rings. The van der Waals surface area contributed by atoms with E-state index in [1.807, 2.05) is 29.4 Å². The first-order chi connectivity index (χ1) is 9.13. The highest BCUT2D eigenvalue weighted by Crippen LogP contribution is 2.27. The lowest BCUT2D eigenvalue weighted by atomic mass is 10.2. The third-order valence-electron chi connectivity index (χ3n) is 3.26. The van der Waals surface area contributed by atoms with Gasteiger partial charge in [-0.2, -0.15) is 5.10 Å². The minimum Gasteiger partial charge on any atom is -0.312 e. The van der Waals surface area contributed by atoms with E-state index in [9.17, 15) is 0 Å². The molecule has 0 radical (unpaired) electrons. The third-order valence-corrected chi connectivity index (χ3v) is 3.53. The number of hydrogen-bond acceptors (Lipinski definition) is 4. The van der Waals surface area contributed by atoms with Gasteiger partial charge in [-0.15, -0.1) is 0 Å². The van der Waals surface area contributed by atoms with Gasteiger partial charge >= 0.3 is 0 Å². The van der Waals surface area contributed by atoms with Gasteiger partial charge in [-0.05, 0) is 13.8 Å². The molecule has 6 nitrogen and oxygen atoms in total. The van der Waals surface area contributed by atoms with Crippen LogP contribution in [0.4, 0.5) is 0 Å². The molecular formula is C12H13ClN6. The first kappa shape index (κ1) is 12.1. The topological polar surface area (TPSA) is 61.4 Å². The highest BCUT2D eigenvalue weighted by atomic mass is 35.5. The van der Waals surface area contributed by atoms with Gasteiger partial charge in [0, 0.05) is 19.3 Å². The van der Waals surface area contributed by atoms with E-state index in [-0.39, 0.29) is 0 Å². The highest BCUT2D eigenvalue weighted by Gasteiger charge is 2.17. The van der Waals surface area contributed by atoms with Crippen LogP contribution < -0.4 is 0 Å². The van der Waals surface area contributed by atoms with Crippen molar-refractivity contribution in [3.8, 4) is 11.4 Å². The van der Waals surface area contributed by atoms with Gasteiger partial charge in [0.1, 0.15) is 17.7 Å². The molecule has 0 amide bonds. The van der Waals surface area contributed by atoms with Crippen molar-refractivity contribution >= 4 is 22.8 Å². The number of aryl methyl sites for hydroxylation is 2. The second-order valence-electron chi connectivity index (χ2n) is 4.29. The van der Waals surface area contributed by atoms with Crippen LogP contribution in [0.15, 0.2) is 12.5 Å². The molecule has 0 aliphatic heterocycles. The van der Waals surface area contributed by atoms with Crippen molar-refractivity contribution in [2.45, 2.75) is 20.4 Å². The quantitative estimate of drug-likeness (QED) is 0.673. The summed E-state index contributed by atoms with van der Waals surface area (Å²) in [6, 6.07) is 0. The fraction of sp³-hybridized carbons (Fsp3) is 0.333. The summed E-state index contributed by atoms with van der Waals surface area (Å²) >= 11 is 6.05. The average Bonchev–Trinajstić information content (AvgIpc) is 2.92. The Bertz CT molecular complexity index is 757. The Morgan fingerprint density at radius 1 is 1.32 bits per heavy atom. The van der Waals surface area contributed by atoms with Crippen LogP contribution in [0.25, 0.3) is 22.6 Å². The Kier molecular flexibility index (Phi) is 2.74. The molecule has 0 bridgehead atoms. The van der Waals surface area contributed by atoms with Crippen LogP contribution in [0, 0.1) is 6.92 Å².